The molecular weight excluding hydrogens is 422 g/mol. The third-order valence-corrected chi connectivity index (χ3v) is 6.20. The quantitative estimate of drug-likeness (QED) is 0.266. The number of fused-ring (bicyclic) bond motifs is 1. The number of Topliss-reactive ketones (excluding diaryl/α,β-unsaturated/α-hetero) is 1. The number of hydrogen-bond acceptors (Lipinski definition) is 4. The number of thiophene rings is 1. The van der Waals surface area contributed by atoms with Gasteiger partial charge in [0.05, 0.1) is 11.3 Å². The first-order valence-corrected chi connectivity index (χ1v) is 10.2. The molecule has 3 heterocycles. The topological polar surface area (TPSA) is 73.4 Å². The van der Waals surface area contributed by atoms with Crippen LogP contribution in [0.4, 0.5) is 14.5 Å². The Labute approximate surface area is 178 Å². The minimum atomic E-state index is -1.05. The van der Waals surface area contributed by atoms with Crippen molar-refractivity contribution >= 4 is 45.4 Å². The number of H-pyrrole nitrogens is 1. The molecular formula is C23H14F2N2O3S. The van der Waals surface area contributed by atoms with E-state index in [4.69, 9.17) is 0 Å². The second kappa shape index (κ2) is 7.17. The Balaban J connectivity index is 1.76. The van der Waals surface area contributed by atoms with Gasteiger partial charge in [-0.3, -0.25) is 14.5 Å². The molecule has 5 nitrogen and oxygen atoms in total. The van der Waals surface area contributed by atoms with Crippen molar-refractivity contribution in [3.8, 4) is 0 Å². The molecule has 5 rings (SSSR count). The van der Waals surface area contributed by atoms with Gasteiger partial charge in [-0.2, -0.15) is 0 Å². The van der Waals surface area contributed by atoms with Crippen LogP contribution in [0.5, 0.6) is 0 Å². The highest BCUT2D eigenvalue weighted by Crippen LogP contribution is 2.44. The zero-order valence-corrected chi connectivity index (χ0v) is 16.6. The van der Waals surface area contributed by atoms with E-state index in [1.54, 1.807) is 35.8 Å². The lowest BCUT2D eigenvalue weighted by Gasteiger charge is -2.24. The molecule has 1 saturated heterocycles. The summed E-state index contributed by atoms with van der Waals surface area (Å²) in [6.45, 7) is 0. The number of amides is 1. The molecule has 1 unspecified atom stereocenters. The van der Waals surface area contributed by atoms with E-state index < -0.39 is 29.4 Å². The summed E-state index contributed by atoms with van der Waals surface area (Å²) in [6.07, 6.45) is 1.55. The number of halogens is 2. The maximum Gasteiger partial charge on any atom is 0.300 e. The minimum Gasteiger partial charge on any atom is -0.507 e. The van der Waals surface area contributed by atoms with Gasteiger partial charge >= 0.3 is 0 Å². The zero-order chi connectivity index (χ0) is 21.7. The minimum absolute atomic E-state index is 0.152. The summed E-state index contributed by atoms with van der Waals surface area (Å²) in [5, 5.41) is 13.6. The maximum atomic E-state index is 14.6. The molecule has 1 amide bonds. The summed E-state index contributed by atoms with van der Waals surface area (Å²) in [5.74, 6) is -4.07. The molecule has 0 radical (unpaired) electrons. The number of carbonyl (C=O) groups excluding carboxylic acids is 2. The fraction of sp³-hybridized carbons (Fsp3) is 0.0435. The molecule has 1 aliphatic rings. The number of aromatic amines is 1. The van der Waals surface area contributed by atoms with Gasteiger partial charge in [-0.15, -0.1) is 11.3 Å². The van der Waals surface area contributed by atoms with Crippen molar-refractivity contribution in [2.75, 3.05) is 4.90 Å². The summed E-state index contributed by atoms with van der Waals surface area (Å²) < 4.78 is 28.1. The summed E-state index contributed by atoms with van der Waals surface area (Å²) in [7, 11) is 0. The molecule has 0 spiro atoms. The van der Waals surface area contributed by atoms with E-state index in [0.717, 1.165) is 22.5 Å². The summed E-state index contributed by atoms with van der Waals surface area (Å²) in [5.41, 5.74) is 0.714. The van der Waals surface area contributed by atoms with Crippen LogP contribution in [-0.2, 0) is 9.59 Å². The molecule has 1 atom stereocenters. The predicted molar refractivity (Wildman–Crippen MR) is 114 cm³/mol. The standard InChI is InChI=1S/C23H14F2N2O3S/c24-12-7-8-17(15(25)10-12)27-20(18-6-3-9-31-18)19(22(29)23(27)30)21(28)14-11-26-16-5-2-1-4-13(14)16/h1-11,20,26,28H/b21-19-. The van der Waals surface area contributed by atoms with Gasteiger partial charge in [0.25, 0.3) is 11.7 Å². The van der Waals surface area contributed by atoms with Crippen LogP contribution in [0.15, 0.2) is 71.7 Å². The van der Waals surface area contributed by atoms with E-state index in [2.05, 4.69) is 4.98 Å². The van der Waals surface area contributed by atoms with Crippen molar-refractivity contribution in [3.05, 3.63) is 93.8 Å². The van der Waals surface area contributed by atoms with E-state index in [0.29, 0.717) is 21.9 Å². The second-order valence-corrected chi connectivity index (χ2v) is 8.01. The van der Waals surface area contributed by atoms with E-state index >= 15 is 0 Å². The number of aliphatic hydroxyl groups is 1. The van der Waals surface area contributed by atoms with Crippen LogP contribution < -0.4 is 4.90 Å². The average molecular weight is 436 g/mol. The van der Waals surface area contributed by atoms with Crippen molar-refractivity contribution in [3.63, 3.8) is 0 Å². The number of nitrogens with one attached hydrogen (secondary N) is 1. The number of nitrogens with zero attached hydrogens (tertiary/aromatic N) is 1. The number of benzene rings is 2. The summed E-state index contributed by atoms with van der Waals surface area (Å²) in [6, 6.07) is 12.4. The smallest absolute Gasteiger partial charge is 0.300 e. The lowest BCUT2D eigenvalue weighted by atomic mass is 9.99. The van der Waals surface area contributed by atoms with Crippen molar-refractivity contribution in [1.82, 2.24) is 4.98 Å². The Hall–Kier alpha value is -3.78. The van der Waals surface area contributed by atoms with Gasteiger partial charge in [0.2, 0.25) is 0 Å². The van der Waals surface area contributed by atoms with Crippen molar-refractivity contribution in [2.24, 2.45) is 0 Å². The molecule has 4 aromatic rings. The molecule has 8 heteroatoms. The first-order chi connectivity index (χ1) is 15.0. The molecule has 2 N–H and O–H groups in total. The molecule has 0 bridgehead atoms. The van der Waals surface area contributed by atoms with Gasteiger partial charge in [-0.25, -0.2) is 8.78 Å². The van der Waals surface area contributed by atoms with Crippen LogP contribution in [0.3, 0.4) is 0 Å². The van der Waals surface area contributed by atoms with Crippen LogP contribution >= 0.6 is 11.3 Å². The Kier molecular flexibility index (Phi) is 4.44. The van der Waals surface area contributed by atoms with Crippen LogP contribution in [0.25, 0.3) is 16.7 Å². The van der Waals surface area contributed by atoms with Gasteiger partial charge in [-0.05, 0) is 29.6 Å². The molecule has 154 valence electrons. The number of ketones is 1. The Bertz CT molecular complexity index is 1370. The number of carbonyl (C=O) groups is 2. The van der Waals surface area contributed by atoms with Crippen LogP contribution in [-0.4, -0.2) is 21.8 Å². The van der Waals surface area contributed by atoms with E-state index in [-0.39, 0.29) is 17.0 Å². The third-order valence-electron chi connectivity index (χ3n) is 5.27. The number of hydrogen-bond donors (Lipinski definition) is 2. The molecule has 0 aliphatic carbocycles. The summed E-state index contributed by atoms with van der Waals surface area (Å²) >= 11 is 1.26. The predicted octanol–water partition coefficient (Wildman–Crippen LogP) is 5.13. The summed E-state index contributed by atoms with van der Waals surface area (Å²) in [4.78, 5) is 30.6. The van der Waals surface area contributed by atoms with Gasteiger partial charge in [0.15, 0.2) is 0 Å². The highest BCUT2D eigenvalue weighted by molar-refractivity contribution is 7.10. The molecule has 1 aliphatic heterocycles. The second-order valence-electron chi connectivity index (χ2n) is 7.03. The fourth-order valence-corrected chi connectivity index (χ4v) is 4.71. The third kappa shape index (κ3) is 2.95. The number of aliphatic hydroxyl groups excluding tert-OH is 1. The van der Waals surface area contributed by atoms with Crippen LogP contribution in [0, 0.1) is 11.6 Å². The van der Waals surface area contributed by atoms with Crippen LogP contribution in [0.1, 0.15) is 16.5 Å². The van der Waals surface area contributed by atoms with E-state index in [1.165, 1.54) is 11.3 Å². The average Bonchev–Trinajstić information content (AvgIpc) is 3.48. The Morgan fingerprint density at radius 2 is 1.87 bits per heavy atom. The lowest BCUT2D eigenvalue weighted by Crippen LogP contribution is -2.30. The normalized spacial score (nSPS) is 18.3. The first kappa shape index (κ1) is 19.2. The van der Waals surface area contributed by atoms with Crippen molar-refractivity contribution < 1.29 is 23.5 Å². The number of para-hydroxylation sites is 1. The molecule has 2 aromatic heterocycles. The highest BCUT2D eigenvalue weighted by atomic mass is 32.1. The van der Waals surface area contributed by atoms with Crippen LogP contribution in [0.2, 0.25) is 0 Å². The maximum absolute atomic E-state index is 14.6. The largest absolute Gasteiger partial charge is 0.507 e. The number of aromatic nitrogens is 1. The lowest BCUT2D eigenvalue weighted by molar-refractivity contribution is -0.132. The SMILES string of the molecule is O=C1C(=O)N(c2ccc(F)cc2F)C(c2cccs2)/C1=C(/O)c1c[nH]c2ccccc12. The van der Waals surface area contributed by atoms with Gasteiger partial charge < -0.3 is 10.1 Å². The monoisotopic (exact) mass is 436 g/mol. The molecule has 1 fully saturated rings. The van der Waals surface area contributed by atoms with E-state index in [9.17, 15) is 23.5 Å². The molecule has 0 saturated carbocycles. The highest BCUT2D eigenvalue weighted by Gasteiger charge is 2.48. The van der Waals surface area contributed by atoms with Crippen molar-refractivity contribution in [1.29, 1.82) is 0 Å². The molecule has 31 heavy (non-hydrogen) atoms. The fourth-order valence-electron chi connectivity index (χ4n) is 3.89. The first-order valence-electron chi connectivity index (χ1n) is 9.33. The van der Waals surface area contributed by atoms with Gasteiger partial charge in [-0.1, -0.05) is 24.3 Å². The number of rotatable bonds is 3. The van der Waals surface area contributed by atoms with E-state index in [1.807, 2.05) is 12.1 Å². The van der Waals surface area contributed by atoms with Gasteiger partial charge in [0.1, 0.15) is 23.4 Å². The molecule has 2 aromatic carbocycles. The Morgan fingerprint density at radius 1 is 1.06 bits per heavy atom. The Morgan fingerprint density at radius 3 is 2.61 bits per heavy atom. The van der Waals surface area contributed by atoms with Gasteiger partial charge in [0, 0.05) is 33.6 Å². The zero-order valence-electron chi connectivity index (χ0n) is 15.8. The van der Waals surface area contributed by atoms with Crippen molar-refractivity contribution in [2.45, 2.75) is 6.04 Å². The number of anilines is 1.